The second kappa shape index (κ2) is 6.68. The lowest BCUT2D eigenvalue weighted by Crippen LogP contribution is -2.13. The average molecular weight is 235 g/mol. The standard InChI is InChI=1S/C13H17NO3/c1-2-3-10-4-6-11(7-5-10)14-12(15)8-9-13(16)17/h4-7H,2-3,8-9H2,1H3,(H,14,15)(H,16,17). The Morgan fingerprint density at radius 1 is 1.18 bits per heavy atom. The molecule has 0 atom stereocenters. The van der Waals surface area contributed by atoms with E-state index in [-0.39, 0.29) is 18.7 Å². The summed E-state index contributed by atoms with van der Waals surface area (Å²) in [5, 5.41) is 11.1. The summed E-state index contributed by atoms with van der Waals surface area (Å²) in [5.41, 5.74) is 1.94. The van der Waals surface area contributed by atoms with Crippen LogP contribution in [-0.4, -0.2) is 17.0 Å². The van der Waals surface area contributed by atoms with Gasteiger partial charge >= 0.3 is 5.97 Å². The third kappa shape index (κ3) is 5.15. The van der Waals surface area contributed by atoms with Crippen molar-refractivity contribution in [2.45, 2.75) is 32.6 Å². The highest BCUT2D eigenvalue weighted by atomic mass is 16.4. The number of aryl methyl sites for hydroxylation is 1. The number of rotatable bonds is 6. The van der Waals surface area contributed by atoms with E-state index in [1.54, 1.807) is 0 Å². The first-order valence-corrected chi connectivity index (χ1v) is 5.72. The molecule has 0 radical (unpaired) electrons. The molecule has 0 aliphatic heterocycles. The van der Waals surface area contributed by atoms with Gasteiger partial charge in [-0.2, -0.15) is 0 Å². The molecule has 0 bridgehead atoms. The van der Waals surface area contributed by atoms with Gasteiger partial charge in [0.1, 0.15) is 0 Å². The number of hydrogen-bond acceptors (Lipinski definition) is 2. The summed E-state index contributed by atoms with van der Waals surface area (Å²) in [5.74, 6) is -1.23. The predicted molar refractivity (Wildman–Crippen MR) is 65.9 cm³/mol. The molecule has 4 heteroatoms. The van der Waals surface area contributed by atoms with Gasteiger partial charge < -0.3 is 10.4 Å². The monoisotopic (exact) mass is 235 g/mol. The van der Waals surface area contributed by atoms with Gasteiger partial charge in [0, 0.05) is 12.1 Å². The predicted octanol–water partition coefficient (Wildman–Crippen LogP) is 2.44. The topological polar surface area (TPSA) is 66.4 Å². The number of carboxylic acid groups (broad SMARTS) is 1. The van der Waals surface area contributed by atoms with Crippen molar-refractivity contribution in [1.29, 1.82) is 0 Å². The third-order valence-electron chi connectivity index (χ3n) is 2.34. The van der Waals surface area contributed by atoms with Gasteiger partial charge in [0.25, 0.3) is 0 Å². The molecule has 0 spiro atoms. The summed E-state index contributed by atoms with van der Waals surface area (Å²) in [7, 11) is 0. The Balaban J connectivity index is 2.45. The molecule has 1 aromatic carbocycles. The summed E-state index contributed by atoms with van der Waals surface area (Å²) in [6.07, 6.45) is 1.98. The van der Waals surface area contributed by atoms with Crippen molar-refractivity contribution < 1.29 is 14.7 Å². The first-order chi connectivity index (χ1) is 8.11. The van der Waals surface area contributed by atoms with Gasteiger partial charge in [0.05, 0.1) is 6.42 Å². The van der Waals surface area contributed by atoms with Crippen molar-refractivity contribution in [2.75, 3.05) is 5.32 Å². The number of carboxylic acids is 1. The Morgan fingerprint density at radius 2 is 1.82 bits per heavy atom. The molecule has 2 N–H and O–H groups in total. The number of hydrogen-bond donors (Lipinski definition) is 2. The number of carbonyl (C=O) groups excluding carboxylic acids is 1. The van der Waals surface area contributed by atoms with Gasteiger partial charge in [-0.25, -0.2) is 0 Å². The highest BCUT2D eigenvalue weighted by Crippen LogP contribution is 2.11. The number of carbonyl (C=O) groups is 2. The van der Waals surface area contributed by atoms with Gasteiger partial charge in [-0.05, 0) is 24.1 Å². The van der Waals surface area contributed by atoms with Crippen LogP contribution in [0.1, 0.15) is 31.7 Å². The van der Waals surface area contributed by atoms with Crippen LogP contribution in [0.25, 0.3) is 0 Å². The molecule has 1 rings (SSSR count). The first-order valence-electron chi connectivity index (χ1n) is 5.72. The molecular weight excluding hydrogens is 218 g/mol. The fourth-order valence-electron chi connectivity index (χ4n) is 1.49. The van der Waals surface area contributed by atoms with Gasteiger partial charge in [-0.1, -0.05) is 25.5 Å². The second-order valence-corrected chi connectivity index (χ2v) is 3.89. The number of aliphatic carboxylic acids is 1. The second-order valence-electron chi connectivity index (χ2n) is 3.89. The number of benzene rings is 1. The smallest absolute Gasteiger partial charge is 0.303 e. The Morgan fingerprint density at radius 3 is 2.35 bits per heavy atom. The van der Waals surface area contributed by atoms with Crippen molar-refractivity contribution in [3.8, 4) is 0 Å². The molecule has 0 saturated heterocycles. The maximum absolute atomic E-state index is 11.4. The number of amides is 1. The van der Waals surface area contributed by atoms with E-state index in [1.165, 1.54) is 5.56 Å². The zero-order valence-electron chi connectivity index (χ0n) is 9.90. The summed E-state index contributed by atoms with van der Waals surface area (Å²) in [4.78, 5) is 21.6. The summed E-state index contributed by atoms with van der Waals surface area (Å²) in [6, 6.07) is 7.61. The minimum absolute atomic E-state index is 0.00600. The van der Waals surface area contributed by atoms with Crippen LogP contribution in [0.15, 0.2) is 24.3 Å². The average Bonchev–Trinajstić information content (AvgIpc) is 2.29. The van der Waals surface area contributed by atoms with E-state index in [1.807, 2.05) is 24.3 Å². The van der Waals surface area contributed by atoms with Crippen molar-refractivity contribution in [2.24, 2.45) is 0 Å². The molecule has 17 heavy (non-hydrogen) atoms. The van der Waals surface area contributed by atoms with Gasteiger partial charge in [-0.3, -0.25) is 9.59 Å². The first kappa shape index (κ1) is 13.2. The molecule has 92 valence electrons. The van der Waals surface area contributed by atoms with Crippen molar-refractivity contribution >= 4 is 17.6 Å². The lowest BCUT2D eigenvalue weighted by Gasteiger charge is -2.05. The molecule has 0 aliphatic rings. The Labute approximate surface area is 101 Å². The fraction of sp³-hybridized carbons (Fsp3) is 0.385. The largest absolute Gasteiger partial charge is 0.481 e. The van der Waals surface area contributed by atoms with Crippen LogP contribution in [0.2, 0.25) is 0 Å². The van der Waals surface area contributed by atoms with E-state index in [9.17, 15) is 9.59 Å². The molecule has 0 heterocycles. The van der Waals surface area contributed by atoms with E-state index < -0.39 is 5.97 Å². The highest BCUT2D eigenvalue weighted by molar-refractivity contribution is 5.92. The number of anilines is 1. The lowest BCUT2D eigenvalue weighted by molar-refractivity contribution is -0.138. The third-order valence-corrected chi connectivity index (χ3v) is 2.34. The van der Waals surface area contributed by atoms with E-state index in [2.05, 4.69) is 12.2 Å². The van der Waals surface area contributed by atoms with Gasteiger partial charge in [0.2, 0.25) is 5.91 Å². The molecule has 0 aliphatic carbocycles. The lowest BCUT2D eigenvalue weighted by atomic mass is 10.1. The fourth-order valence-corrected chi connectivity index (χ4v) is 1.49. The van der Waals surface area contributed by atoms with Crippen molar-refractivity contribution in [1.82, 2.24) is 0 Å². The quantitative estimate of drug-likeness (QED) is 0.795. The highest BCUT2D eigenvalue weighted by Gasteiger charge is 2.05. The normalized spacial score (nSPS) is 9.94. The maximum atomic E-state index is 11.4. The van der Waals surface area contributed by atoms with Crippen LogP contribution in [0.5, 0.6) is 0 Å². The Kier molecular flexibility index (Phi) is 5.20. The molecule has 0 unspecified atom stereocenters. The molecule has 4 nitrogen and oxygen atoms in total. The molecule has 0 fully saturated rings. The van der Waals surface area contributed by atoms with Gasteiger partial charge in [0.15, 0.2) is 0 Å². The molecular formula is C13H17NO3. The van der Waals surface area contributed by atoms with Crippen molar-refractivity contribution in [3.05, 3.63) is 29.8 Å². The SMILES string of the molecule is CCCc1ccc(NC(=O)CCC(=O)O)cc1. The van der Waals surface area contributed by atoms with Crippen LogP contribution >= 0.6 is 0 Å². The molecule has 0 aromatic heterocycles. The summed E-state index contributed by atoms with van der Waals surface area (Å²) in [6.45, 7) is 2.11. The molecule has 1 aromatic rings. The molecule has 1 amide bonds. The number of nitrogens with one attached hydrogen (secondary N) is 1. The van der Waals surface area contributed by atoms with E-state index in [4.69, 9.17) is 5.11 Å². The van der Waals surface area contributed by atoms with Crippen LogP contribution in [0.4, 0.5) is 5.69 Å². The molecule has 0 saturated carbocycles. The zero-order valence-corrected chi connectivity index (χ0v) is 9.90. The Bertz CT molecular complexity index is 384. The zero-order chi connectivity index (χ0) is 12.7. The van der Waals surface area contributed by atoms with E-state index >= 15 is 0 Å². The van der Waals surface area contributed by atoms with Crippen LogP contribution < -0.4 is 5.32 Å². The Hall–Kier alpha value is -1.84. The minimum Gasteiger partial charge on any atom is -0.481 e. The van der Waals surface area contributed by atoms with E-state index in [0.717, 1.165) is 12.8 Å². The van der Waals surface area contributed by atoms with Crippen LogP contribution in [0, 0.1) is 0 Å². The van der Waals surface area contributed by atoms with Crippen molar-refractivity contribution in [3.63, 3.8) is 0 Å². The summed E-state index contributed by atoms with van der Waals surface area (Å²) >= 11 is 0. The maximum Gasteiger partial charge on any atom is 0.303 e. The minimum atomic E-state index is -0.960. The van der Waals surface area contributed by atoms with Crippen LogP contribution in [0.3, 0.4) is 0 Å². The summed E-state index contributed by atoms with van der Waals surface area (Å²) < 4.78 is 0. The van der Waals surface area contributed by atoms with E-state index in [0.29, 0.717) is 5.69 Å². The van der Waals surface area contributed by atoms with Gasteiger partial charge in [-0.15, -0.1) is 0 Å². The van der Waals surface area contributed by atoms with Crippen LogP contribution in [-0.2, 0) is 16.0 Å².